The average Bonchev–Trinajstić information content (AvgIpc) is 3.35. The molecule has 41 heavy (non-hydrogen) atoms. The van der Waals surface area contributed by atoms with Gasteiger partial charge in [0.05, 0.1) is 7.11 Å². The largest absolute Gasteiger partial charge is 0.497 e. The first kappa shape index (κ1) is 26.0. The van der Waals surface area contributed by atoms with E-state index in [-0.39, 0.29) is 5.41 Å². The van der Waals surface area contributed by atoms with Gasteiger partial charge in [0.1, 0.15) is 11.5 Å². The molecule has 7 rings (SSSR count). The Morgan fingerprint density at radius 3 is 2.20 bits per heavy atom. The number of fused-ring (bicyclic) bond motifs is 8. The summed E-state index contributed by atoms with van der Waals surface area (Å²) in [6.45, 7) is 4.67. The summed E-state index contributed by atoms with van der Waals surface area (Å²) in [6.07, 6.45) is 8.83. The molecular formula is C38H34O2S. The van der Waals surface area contributed by atoms with Gasteiger partial charge in [0.15, 0.2) is 5.60 Å². The third-order valence-corrected chi connectivity index (χ3v) is 10.1. The summed E-state index contributed by atoms with van der Waals surface area (Å²) in [5.41, 5.74) is 8.12. The molecule has 1 aliphatic heterocycles. The number of thioether (sulfide) groups is 1. The normalized spacial score (nSPS) is 18.0. The molecule has 1 heterocycles. The zero-order chi connectivity index (χ0) is 28.2. The molecule has 5 aromatic rings. The zero-order valence-corrected chi connectivity index (χ0v) is 24.8. The van der Waals surface area contributed by atoms with E-state index in [0.717, 1.165) is 35.5 Å². The molecule has 2 nitrogen and oxygen atoms in total. The number of hydrogen-bond acceptors (Lipinski definition) is 3. The Balaban J connectivity index is 1.58. The highest BCUT2D eigenvalue weighted by molar-refractivity contribution is 7.98. The van der Waals surface area contributed by atoms with Crippen LogP contribution in [0.1, 0.15) is 54.5 Å². The summed E-state index contributed by atoms with van der Waals surface area (Å²) in [6, 6.07) is 34.8. The minimum atomic E-state index is -0.774. The molecular weight excluding hydrogens is 520 g/mol. The van der Waals surface area contributed by atoms with Gasteiger partial charge in [-0.05, 0) is 77.1 Å². The first-order valence-electron chi connectivity index (χ1n) is 14.5. The third kappa shape index (κ3) is 3.65. The molecule has 0 fully saturated rings. The maximum atomic E-state index is 7.45. The number of rotatable bonds is 6. The molecule has 1 atom stereocenters. The van der Waals surface area contributed by atoms with Crippen LogP contribution in [0.4, 0.5) is 0 Å². The second-order valence-electron chi connectivity index (χ2n) is 11.0. The number of hydrogen-bond donors (Lipinski definition) is 0. The van der Waals surface area contributed by atoms with Crippen molar-refractivity contribution in [1.29, 1.82) is 0 Å². The van der Waals surface area contributed by atoms with Gasteiger partial charge in [0.2, 0.25) is 0 Å². The minimum Gasteiger partial charge on any atom is -0.497 e. The number of benzene rings is 5. The Labute approximate surface area is 247 Å². The summed E-state index contributed by atoms with van der Waals surface area (Å²) in [5.74, 6) is 1.80. The SMILES string of the molecule is CCC1(CC)c2ccccc2-c2c1c1c(c3cc(SC)ccc23)OC(c2ccccc2)(c2ccc(OC)cc2)C=C1. The van der Waals surface area contributed by atoms with Gasteiger partial charge < -0.3 is 9.47 Å². The van der Waals surface area contributed by atoms with Crippen molar-refractivity contribution in [1.82, 2.24) is 0 Å². The van der Waals surface area contributed by atoms with Crippen molar-refractivity contribution in [3.63, 3.8) is 0 Å². The fraction of sp³-hybridized carbons (Fsp3) is 0.211. The summed E-state index contributed by atoms with van der Waals surface area (Å²) < 4.78 is 12.9. The first-order valence-corrected chi connectivity index (χ1v) is 15.7. The van der Waals surface area contributed by atoms with E-state index in [0.29, 0.717) is 0 Å². The third-order valence-electron chi connectivity index (χ3n) is 9.37. The highest BCUT2D eigenvalue weighted by Crippen LogP contribution is 2.60. The second kappa shape index (κ2) is 9.85. The molecule has 0 spiro atoms. The smallest absolute Gasteiger partial charge is 0.178 e. The Hall–Kier alpha value is -3.95. The molecule has 0 radical (unpaired) electrons. The van der Waals surface area contributed by atoms with Crippen LogP contribution in [0, 0.1) is 0 Å². The highest BCUT2D eigenvalue weighted by atomic mass is 32.2. The van der Waals surface area contributed by atoms with Crippen LogP contribution in [0.5, 0.6) is 11.5 Å². The first-order chi connectivity index (χ1) is 20.1. The van der Waals surface area contributed by atoms with E-state index in [4.69, 9.17) is 9.47 Å². The minimum absolute atomic E-state index is 0.0665. The maximum Gasteiger partial charge on any atom is 0.178 e. The van der Waals surface area contributed by atoms with E-state index >= 15 is 0 Å². The van der Waals surface area contributed by atoms with Gasteiger partial charge in [0, 0.05) is 32.4 Å². The zero-order valence-electron chi connectivity index (χ0n) is 24.0. The summed E-state index contributed by atoms with van der Waals surface area (Å²) >= 11 is 1.77. The molecule has 0 N–H and O–H groups in total. The van der Waals surface area contributed by atoms with Crippen molar-refractivity contribution in [2.45, 2.75) is 42.6 Å². The lowest BCUT2D eigenvalue weighted by atomic mass is 9.71. The Morgan fingerprint density at radius 1 is 0.780 bits per heavy atom. The molecule has 0 saturated carbocycles. The molecule has 2 aliphatic rings. The van der Waals surface area contributed by atoms with Gasteiger partial charge in [0.25, 0.3) is 0 Å². The van der Waals surface area contributed by atoms with Crippen molar-refractivity contribution < 1.29 is 9.47 Å². The molecule has 5 aromatic carbocycles. The highest BCUT2D eigenvalue weighted by Gasteiger charge is 2.46. The van der Waals surface area contributed by atoms with Crippen LogP contribution in [0.15, 0.2) is 108 Å². The molecule has 0 aromatic heterocycles. The summed E-state index contributed by atoms with van der Waals surface area (Å²) in [7, 11) is 1.71. The van der Waals surface area contributed by atoms with Gasteiger partial charge in [-0.1, -0.05) is 92.7 Å². The van der Waals surface area contributed by atoms with Gasteiger partial charge >= 0.3 is 0 Å². The van der Waals surface area contributed by atoms with Crippen LogP contribution in [0.3, 0.4) is 0 Å². The summed E-state index contributed by atoms with van der Waals surface area (Å²) in [4.78, 5) is 1.23. The fourth-order valence-corrected chi connectivity index (χ4v) is 7.70. The topological polar surface area (TPSA) is 18.5 Å². The van der Waals surface area contributed by atoms with Crippen molar-refractivity contribution >= 4 is 28.6 Å². The van der Waals surface area contributed by atoms with E-state index in [2.05, 4.69) is 117 Å². The van der Waals surface area contributed by atoms with E-state index < -0.39 is 5.60 Å². The van der Waals surface area contributed by atoms with Gasteiger partial charge in [-0.25, -0.2) is 0 Å². The predicted octanol–water partition coefficient (Wildman–Crippen LogP) is 10.0. The molecule has 3 heteroatoms. The van der Waals surface area contributed by atoms with Gasteiger partial charge in [-0.15, -0.1) is 11.8 Å². The van der Waals surface area contributed by atoms with Crippen LogP contribution in [-0.4, -0.2) is 13.4 Å². The maximum absolute atomic E-state index is 7.45. The standard InChI is InChI=1S/C38H34O2S/c1-5-37(6-2)33-15-11-10-14-30(33)34-29-21-20-28(41-4)24-32(29)36-31(35(34)37)22-23-38(40-36,25-12-8-7-9-13-25)26-16-18-27(39-3)19-17-26/h7-24H,5-6H2,1-4H3. The monoisotopic (exact) mass is 554 g/mol. The van der Waals surface area contributed by atoms with Crippen molar-refractivity contribution in [3.05, 3.63) is 131 Å². The van der Waals surface area contributed by atoms with Crippen molar-refractivity contribution in [2.75, 3.05) is 13.4 Å². The second-order valence-corrected chi connectivity index (χ2v) is 11.9. The molecule has 0 amide bonds. The number of ether oxygens (including phenoxy) is 2. The van der Waals surface area contributed by atoms with E-state index in [1.807, 2.05) is 12.1 Å². The van der Waals surface area contributed by atoms with E-state index in [1.165, 1.54) is 43.5 Å². The molecule has 0 bridgehead atoms. The van der Waals surface area contributed by atoms with Gasteiger partial charge in [-0.2, -0.15) is 0 Å². The Morgan fingerprint density at radius 2 is 1.49 bits per heavy atom. The van der Waals surface area contributed by atoms with Crippen LogP contribution >= 0.6 is 11.8 Å². The molecule has 204 valence electrons. The lowest BCUT2D eigenvalue weighted by Gasteiger charge is -2.39. The van der Waals surface area contributed by atoms with E-state index in [1.54, 1.807) is 18.9 Å². The van der Waals surface area contributed by atoms with Crippen LogP contribution in [-0.2, 0) is 11.0 Å². The lowest BCUT2D eigenvalue weighted by Crippen LogP contribution is -2.35. The van der Waals surface area contributed by atoms with Crippen molar-refractivity contribution in [2.24, 2.45) is 0 Å². The Kier molecular flexibility index (Phi) is 6.24. The average molecular weight is 555 g/mol. The van der Waals surface area contributed by atoms with Crippen LogP contribution in [0.2, 0.25) is 0 Å². The molecule has 0 saturated heterocycles. The number of methoxy groups -OCH3 is 1. The lowest BCUT2D eigenvalue weighted by molar-refractivity contribution is 0.163. The quantitative estimate of drug-likeness (QED) is 0.195. The predicted molar refractivity (Wildman–Crippen MR) is 172 cm³/mol. The van der Waals surface area contributed by atoms with Crippen LogP contribution < -0.4 is 9.47 Å². The van der Waals surface area contributed by atoms with Crippen molar-refractivity contribution in [3.8, 4) is 22.6 Å². The van der Waals surface area contributed by atoms with Crippen LogP contribution in [0.25, 0.3) is 28.0 Å². The fourth-order valence-electron chi connectivity index (χ4n) is 7.26. The molecule has 1 unspecified atom stereocenters. The Bertz CT molecular complexity index is 1800. The van der Waals surface area contributed by atoms with Gasteiger partial charge in [-0.3, -0.25) is 0 Å². The molecule has 1 aliphatic carbocycles. The van der Waals surface area contributed by atoms with E-state index in [9.17, 15) is 0 Å². The summed E-state index contributed by atoms with van der Waals surface area (Å²) in [5, 5.41) is 2.43.